The largest absolute Gasteiger partial charge is 0.360 e. The second kappa shape index (κ2) is 5.90. The van der Waals surface area contributed by atoms with Gasteiger partial charge in [-0.2, -0.15) is 5.10 Å². The smallest absolute Gasteiger partial charge is 0.274 e. The lowest BCUT2D eigenvalue weighted by molar-refractivity contribution is 0.0924. The second-order valence-corrected chi connectivity index (χ2v) is 5.08. The number of aryl methyl sites for hydroxylation is 1. The highest BCUT2D eigenvalue weighted by molar-refractivity contribution is 5.92. The number of aromatic nitrogens is 3. The number of hydrogen-bond acceptors (Lipinski definition) is 4. The normalized spacial score (nSPS) is 12.7. The first kappa shape index (κ1) is 14.3. The van der Waals surface area contributed by atoms with Crippen LogP contribution in [-0.4, -0.2) is 20.8 Å². The van der Waals surface area contributed by atoms with Crippen molar-refractivity contribution in [3.8, 4) is 0 Å². The van der Waals surface area contributed by atoms with E-state index < -0.39 is 0 Å². The summed E-state index contributed by atoms with van der Waals surface area (Å²) in [5.41, 5.74) is 1.28. The molecule has 0 aliphatic heterocycles. The third-order valence-electron chi connectivity index (χ3n) is 3.26. The maximum Gasteiger partial charge on any atom is 0.274 e. The summed E-state index contributed by atoms with van der Waals surface area (Å²) in [6.07, 6.45) is 2.50. The van der Waals surface area contributed by atoms with Gasteiger partial charge >= 0.3 is 0 Å². The summed E-state index contributed by atoms with van der Waals surface area (Å²) >= 11 is 0. The number of nitrogens with one attached hydrogen (secondary N) is 1. The fourth-order valence-corrected chi connectivity index (χ4v) is 2.01. The van der Waals surface area contributed by atoms with Crippen LogP contribution >= 0.6 is 0 Å². The van der Waals surface area contributed by atoms with Crippen LogP contribution in [0.2, 0.25) is 0 Å². The molecule has 0 bridgehead atoms. The number of carbonyl (C=O) groups is 1. The molecule has 6 nitrogen and oxygen atoms in total. The maximum absolute atomic E-state index is 12.2. The average molecular weight is 276 g/mol. The second-order valence-electron chi connectivity index (χ2n) is 5.08. The number of rotatable bonds is 5. The van der Waals surface area contributed by atoms with Crippen LogP contribution < -0.4 is 5.32 Å². The molecule has 0 aliphatic rings. The molecule has 108 valence electrons. The molecular weight excluding hydrogens is 256 g/mol. The maximum atomic E-state index is 12.2. The van der Waals surface area contributed by atoms with E-state index in [1.807, 2.05) is 33.9 Å². The van der Waals surface area contributed by atoms with Crippen molar-refractivity contribution in [1.29, 1.82) is 0 Å². The Morgan fingerprint density at radius 3 is 2.75 bits per heavy atom. The molecule has 20 heavy (non-hydrogen) atoms. The molecule has 0 unspecified atom stereocenters. The van der Waals surface area contributed by atoms with Gasteiger partial charge in [0.1, 0.15) is 5.76 Å². The third kappa shape index (κ3) is 2.89. The van der Waals surface area contributed by atoms with E-state index in [1.54, 1.807) is 16.9 Å². The van der Waals surface area contributed by atoms with Gasteiger partial charge in [-0.25, -0.2) is 0 Å². The van der Waals surface area contributed by atoms with Gasteiger partial charge in [0, 0.05) is 25.2 Å². The minimum Gasteiger partial charge on any atom is -0.360 e. The van der Waals surface area contributed by atoms with E-state index in [0.29, 0.717) is 11.5 Å². The average Bonchev–Trinajstić information content (AvgIpc) is 3.04. The van der Waals surface area contributed by atoms with Gasteiger partial charge in [0.15, 0.2) is 5.69 Å². The van der Waals surface area contributed by atoms with Gasteiger partial charge in [-0.05, 0) is 12.5 Å². The zero-order valence-electron chi connectivity index (χ0n) is 12.3. The molecule has 2 rings (SSSR count). The zero-order valence-corrected chi connectivity index (χ0v) is 12.3. The molecule has 6 heteroatoms. The first-order chi connectivity index (χ1) is 9.52. The molecule has 2 aromatic rings. The van der Waals surface area contributed by atoms with Crippen molar-refractivity contribution in [2.24, 2.45) is 7.05 Å². The molecule has 0 saturated carbocycles. The number of nitrogens with zero attached hydrogens (tertiary/aromatic N) is 3. The molecule has 1 N–H and O–H groups in total. The Balaban J connectivity index is 2.11. The quantitative estimate of drug-likeness (QED) is 0.910. The van der Waals surface area contributed by atoms with Gasteiger partial charge in [-0.3, -0.25) is 9.48 Å². The predicted molar refractivity (Wildman–Crippen MR) is 74.3 cm³/mol. The van der Waals surface area contributed by atoms with Crippen molar-refractivity contribution >= 4 is 5.91 Å². The Kier molecular flexibility index (Phi) is 4.22. The van der Waals surface area contributed by atoms with Crippen molar-refractivity contribution in [3.63, 3.8) is 0 Å². The summed E-state index contributed by atoms with van der Waals surface area (Å²) in [5.74, 6) is 0.695. The van der Waals surface area contributed by atoms with E-state index in [2.05, 4.69) is 15.6 Å². The lowest BCUT2D eigenvalue weighted by Gasteiger charge is -2.16. The molecule has 0 spiro atoms. The highest BCUT2D eigenvalue weighted by Crippen LogP contribution is 2.18. The minimum absolute atomic E-state index is 0.0887. The predicted octanol–water partition coefficient (Wildman–Crippen LogP) is 2.41. The van der Waals surface area contributed by atoms with Crippen molar-refractivity contribution < 1.29 is 9.32 Å². The van der Waals surface area contributed by atoms with Crippen LogP contribution in [0.25, 0.3) is 0 Å². The van der Waals surface area contributed by atoms with Crippen molar-refractivity contribution in [1.82, 2.24) is 20.3 Å². The van der Waals surface area contributed by atoms with Gasteiger partial charge in [0.2, 0.25) is 0 Å². The Hall–Kier alpha value is -2.11. The van der Waals surface area contributed by atoms with Crippen LogP contribution in [-0.2, 0) is 7.05 Å². The molecule has 0 aliphatic carbocycles. The topological polar surface area (TPSA) is 73.0 Å². The molecule has 0 saturated heterocycles. The van der Waals surface area contributed by atoms with E-state index in [-0.39, 0.29) is 17.9 Å². The van der Waals surface area contributed by atoms with Gasteiger partial charge in [0.05, 0.1) is 11.7 Å². The first-order valence-electron chi connectivity index (χ1n) is 6.78. The van der Waals surface area contributed by atoms with E-state index in [9.17, 15) is 4.79 Å². The molecule has 1 amide bonds. The Morgan fingerprint density at radius 2 is 2.25 bits per heavy atom. The summed E-state index contributed by atoms with van der Waals surface area (Å²) in [5, 5.41) is 10.9. The highest BCUT2D eigenvalue weighted by Gasteiger charge is 2.20. The third-order valence-corrected chi connectivity index (χ3v) is 3.26. The summed E-state index contributed by atoms with van der Waals surface area (Å²) in [6, 6.07) is 3.50. The van der Waals surface area contributed by atoms with Crippen molar-refractivity contribution in [2.45, 2.75) is 39.2 Å². The molecule has 0 aromatic carbocycles. The monoisotopic (exact) mass is 276 g/mol. The van der Waals surface area contributed by atoms with Crippen molar-refractivity contribution in [2.75, 3.05) is 0 Å². The molecule has 2 aromatic heterocycles. The number of carbonyl (C=O) groups excluding carboxylic acids is 1. The Bertz CT molecular complexity index is 586. The van der Waals surface area contributed by atoms with Gasteiger partial charge in [-0.1, -0.05) is 25.9 Å². The fourth-order valence-electron chi connectivity index (χ4n) is 2.01. The van der Waals surface area contributed by atoms with E-state index in [1.165, 1.54) is 0 Å². The molecule has 1 atom stereocenters. The summed E-state index contributed by atoms with van der Waals surface area (Å²) in [4.78, 5) is 12.2. The van der Waals surface area contributed by atoms with Crippen LogP contribution in [0, 0.1) is 0 Å². The zero-order chi connectivity index (χ0) is 14.7. The number of hydrogen-bond donors (Lipinski definition) is 1. The van der Waals surface area contributed by atoms with Crippen LogP contribution in [0.5, 0.6) is 0 Å². The molecule has 0 radical (unpaired) electrons. The summed E-state index contributed by atoms with van der Waals surface area (Å²) < 4.78 is 6.91. The SMILES string of the molecule is CC[C@H](NC(=O)c1cc(C(C)C)on1)c1ccnn1C. The van der Waals surface area contributed by atoms with Gasteiger partial charge < -0.3 is 9.84 Å². The van der Waals surface area contributed by atoms with Crippen LogP contribution in [0.15, 0.2) is 22.9 Å². The number of amides is 1. The lowest BCUT2D eigenvalue weighted by Crippen LogP contribution is -2.29. The van der Waals surface area contributed by atoms with E-state index in [0.717, 1.165) is 12.1 Å². The van der Waals surface area contributed by atoms with Gasteiger partial charge in [-0.15, -0.1) is 0 Å². The lowest BCUT2D eigenvalue weighted by atomic mass is 10.1. The Labute approximate surface area is 118 Å². The minimum atomic E-state index is -0.228. The van der Waals surface area contributed by atoms with Crippen LogP contribution in [0.1, 0.15) is 61.1 Å². The molecule has 0 fully saturated rings. The van der Waals surface area contributed by atoms with Crippen molar-refractivity contribution in [3.05, 3.63) is 35.5 Å². The van der Waals surface area contributed by atoms with Gasteiger partial charge in [0.25, 0.3) is 5.91 Å². The van der Waals surface area contributed by atoms with Crippen LogP contribution in [0.4, 0.5) is 0 Å². The Morgan fingerprint density at radius 1 is 1.50 bits per heavy atom. The van der Waals surface area contributed by atoms with E-state index >= 15 is 0 Å². The fraction of sp³-hybridized carbons (Fsp3) is 0.500. The highest BCUT2D eigenvalue weighted by atomic mass is 16.5. The standard InChI is InChI=1S/C14H20N4O2/c1-5-10(12-6-7-15-18(12)4)16-14(19)11-8-13(9(2)3)20-17-11/h6-10H,5H2,1-4H3,(H,16,19)/t10-/m0/s1. The van der Waals surface area contributed by atoms with Crippen LogP contribution in [0.3, 0.4) is 0 Å². The molecular formula is C14H20N4O2. The first-order valence-corrected chi connectivity index (χ1v) is 6.78. The molecule has 2 heterocycles. The van der Waals surface area contributed by atoms with E-state index in [4.69, 9.17) is 4.52 Å². The summed E-state index contributed by atoms with van der Waals surface area (Å²) in [6.45, 7) is 6.00. The summed E-state index contributed by atoms with van der Waals surface area (Å²) in [7, 11) is 1.86.